The van der Waals surface area contributed by atoms with E-state index in [4.69, 9.17) is 0 Å². The summed E-state index contributed by atoms with van der Waals surface area (Å²) in [6, 6.07) is 14.5. The van der Waals surface area contributed by atoms with Gasteiger partial charge in [0.25, 0.3) is 0 Å². The van der Waals surface area contributed by atoms with Gasteiger partial charge < -0.3 is 5.32 Å². The maximum absolute atomic E-state index is 12.7. The molecule has 7 heteroatoms. The van der Waals surface area contributed by atoms with E-state index in [9.17, 15) is 4.79 Å². The van der Waals surface area contributed by atoms with Crippen LogP contribution in [0, 0.1) is 19.8 Å². The van der Waals surface area contributed by atoms with Gasteiger partial charge in [-0.1, -0.05) is 75.0 Å². The zero-order valence-corrected chi connectivity index (χ0v) is 19.0. The van der Waals surface area contributed by atoms with Crippen LogP contribution in [0.25, 0.3) is 5.69 Å². The second kappa shape index (κ2) is 9.89. The van der Waals surface area contributed by atoms with Crippen LogP contribution in [0.1, 0.15) is 49.1 Å². The van der Waals surface area contributed by atoms with Gasteiger partial charge in [-0.3, -0.25) is 4.79 Å². The molecule has 2 aromatic carbocycles. The molecule has 0 aliphatic rings. The van der Waals surface area contributed by atoms with Crippen LogP contribution in [0.4, 0.5) is 0 Å². The summed E-state index contributed by atoms with van der Waals surface area (Å²) in [6.07, 6.45) is 1.00. The van der Waals surface area contributed by atoms with Gasteiger partial charge in [0.15, 0.2) is 0 Å². The van der Waals surface area contributed by atoms with Gasteiger partial charge in [-0.25, -0.2) is 0 Å². The molecule has 0 unspecified atom stereocenters. The van der Waals surface area contributed by atoms with Crippen molar-refractivity contribution in [1.82, 2.24) is 25.5 Å². The van der Waals surface area contributed by atoms with Crippen molar-refractivity contribution in [2.24, 2.45) is 5.92 Å². The molecule has 1 amide bonds. The Bertz CT molecular complexity index is 977. The van der Waals surface area contributed by atoms with Crippen molar-refractivity contribution in [3.05, 3.63) is 64.7 Å². The van der Waals surface area contributed by atoms with Gasteiger partial charge in [-0.15, -0.1) is 5.10 Å². The number of tetrazole rings is 1. The third kappa shape index (κ3) is 5.08. The number of nitrogens with one attached hydrogen (secondary N) is 1. The first-order chi connectivity index (χ1) is 14.4. The highest BCUT2D eigenvalue weighted by molar-refractivity contribution is 7.99. The quantitative estimate of drug-likeness (QED) is 0.542. The molecule has 1 atom stereocenters. The number of hydrogen-bond acceptors (Lipinski definition) is 5. The minimum Gasteiger partial charge on any atom is -0.348 e. The molecule has 1 N–H and O–H groups in total. The lowest BCUT2D eigenvalue weighted by Gasteiger charge is -2.23. The average molecular weight is 424 g/mol. The van der Waals surface area contributed by atoms with E-state index in [2.05, 4.69) is 65.9 Å². The summed E-state index contributed by atoms with van der Waals surface area (Å²) in [5.41, 5.74) is 5.55. The second-order valence-electron chi connectivity index (χ2n) is 7.79. The molecule has 158 valence electrons. The van der Waals surface area contributed by atoms with Crippen molar-refractivity contribution in [1.29, 1.82) is 0 Å². The molecular weight excluding hydrogens is 394 g/mol. The molecule has 0 saturated heterocycles. The second-order valence-corrected chi connectivity index (χ2v) is 8.73. The van der Waals surface area contributed by atoms with E-state index in [1.165, 1.54) is 17.3 Å². The van der Waals surface area contributed by atoms with Gasteiger partial charge in [-0.2, -0.15) is 4.68 Å². The summed E-state index contributed by atoms with van der Waals surface area (Å²) in [6.45, 7) is 10.4. The Kier molecular flexibility index (Phi) is 7.26. The largest absolute Gasteiger partial charge is 0.348 e. The molecule has 0 aliphatic heterocycles. The molecule has 0 saturated carbocycles. The highest BCUT2D eigenvalue weighted by Crippen LogP contribution is 2.25. The van der Waals surface area contributed by atoms with Crippen LogP contribution in [0.5, 0.6) is 0 Å². The Morgan fingerprint density at radius 1 is 1.10 bits per heavy atom. The van der Waals surface area contributed by atoms with E-state index in [1.54, 1.807) is 4.68 Å². The summed E-state index contributed by atoms with van der Waals surface area (Å²) >= 11 is 1.34. The minimum atomic E-state index is -0.0330. The third-order valence-corrected chi connectivity index (χ3v) is 6.07. The highest BCUT2D eigenvalue weighted by atomic mass is 32.2. The number of amides is 1. The van der Waals surface area contributed by atoms with E-state index in [0.29, 0.717) is 5.16 Å². The van der Waals surface area contributed by atoms with E-state index < -0.39 is 0 Å². The summed E-state index contributed by atoms with van der Waals surface area (Å²) < 4.78 is 1.71. The maximum atomic E-state index is 12.7. The Hall–Kier alpha value is -2.67. The van der Waals surface area contributed by atoms with E-state index in [0.717, 1.165) is 28.8 Å². The third-order valence-electron chi connectivity index (χ3n) is 5.15. The number of para-hydroxylation sites is 1. The monoisotopic (exact) mass is 423 g/mol. The van der Waals surface area contributed by atoms with E-state index >= 15 is 0 Å². The lowest BCUT2D eigenvalue weighted by atomic mass is 9.95. The molecule has 1 heterocycles. The molecule has 0 radical (unpaired) electrons. The summed E-state index contributed by atoms with van der Waals surface area (Å²) in [7, 11) is 0. The molecule has 30 heavy (non-hydrogen) atoms. The van der Waals surface area contributed by atoms with Gasteiger partial charge in [0.1, 0.15) is 0 Å². The summed E-state index contributed by atoms with van der Waals surface area (Å²) in [4.78, 5) is 12.7. The Morgan fingerprint density at radius 3 is 2.37 bits per heavy atom. The van der Waals surface area contributed by atoms with Crippen LogP contribution in [0.15, 0.2) is 47.6 Å². The zero-order valence-electron chi connectivity index (χ0n) is 18.2. The molecular formula is C23H29N5OS. The number of nitrogens with zero attached hydrogens (tertiary/aromatic N) is 4. The number of carbonyl (C=O) groups excluding carboxylic acids is 1. The molecule has 3 rings (SSSR count). The minimum absolute atomic E-state index is 0.0291. The van der Waals surface area contributed by atoms with Crippen LogP contribution in [0.3, 0.4) is 0 Å². The fraction of sp³-hybridized carbons (Fsp3) is 0.391. The van der Waals surface area contributed by atoms with Crippen molar-refractivity contribution in [2.45, 2.75) is 52.2 Å². The number of aromatic nitrogens is 4. The van der Waals surface area contributed by atoms with Gasteiger partial charge in [0, 0.05) is 0 Å². The molecule has 0 fully saturated rings. The first-order valence-electron chi connectivity index (χ1n) is 10.3. The van der Waals surface area contributed by atoms with Gasteiger partial charge in [0.05, 0.1) is 17.5 Å². The van der Waals surface area contributed by atoms with Crippen molar-refractivity contribution in [3.8, 4) is 5.69 Å². The van der Waals surface area contributed by atoms with Crippen molar-refractivity contribution in [3.63, 3.8) is 0 Å². The first-order valence-corrected chi connectivity index (χ1v) is 11.2. The Labute approximate surface area is 182 Å². The van der Waals surface area contributed by atoms with Crippen LogP contribution in [0.2, 0.25) is 0 Å². The Morgan fingerprint density at radius 2 is 1.77 bits per heavy atom. The van der Waals surface area contributed by atoms with E-state index in [-0.39, 0.29) is 23.6 Å². The predicted octanol–water partition coefficient (Wildman–Crippen LogP) is 4.45. The van der Waals surface area contributed by atoms with Crippen LogP contribution in [-0.2, 0) is 11.2 Å². The average Bonchev–Trinajstić information content (AvgIpc) is 3.18. The number of carbonyl (C=O) groups is 1. The molecule has 0 aliphatic carbocycles. The topological polar surface area (TPSA) is 72.7 Å². The smallest absolute Gasteiger partial charge is 0.230 e. The van der Waals surface area contributed by atoms with Crippen molar-refractivity contribution >= 4 is 17.7 Å². The summed E-state index contributed by atoms with van der Waals surface area (Å²) in [5.74, 6) is 0.502. The molecule has 6 nitrogen and oxygen atoms in total. The first kappa shape index (κ1) is 22.0. The zero-order chi connectivity index (χ0) is 21.7. The lowest BCUT2D eigenvalue weighted by Crippen LogP contribution is -2.33. The van der Waals surface area contributed by atoms with E-state index in [1.807, 2.05) is 32.0 Å². The SMILES string of the molecule is CCc1ccc([C@H](NC(=O)CSc2nnnn2-c2c(C)cccc2C)C(C)C)cc1. The Balaban J connectivity index is 1.69. The number of rotatable bonds is 8. The van der Waals surface area contributed by atoms with Crippen LogP contribution < -0.4 is 5.32 Å². The molecule has 0 bridgehead atoms. The number of benzene rings is 2. The standard InChI is InChI=1S/C23H29N5OS/c1-6-18-10-12-19(13-11-18)21(15(2)3)24-20(29)14-30-23-25-26-27-28(23)22-16(4)8-7-9-17(22)5/h7-13,15,21H,6,14H2,1-5H3,(H,24,29)/t21-/m1/s1. The fourth-order valence-corrected chi connectivity index (χ4v) is 4.18. The number of hydrogen-bond donors (Lipinski definition) is 1. The van der Waals surface area contributed by atoms with Crippen molar-refractivity contribution < 1.29 is 4.79 Å². The number of aryl methyl sites for hydroxylation is 3. The van der Waals surface area contributed by atoms with Gasteiger partial charge in [0.2, 0.25) is 11.1 Å². The maximum Gasteiger partial charge on any atom is 0.230 e. The van der Waals surface area contributed by atoms with Crippen LogP contribution >= 0.6 is 11.8 Å². The molecule has 0 spiro atoms. The van der Waals surface area contributed by atoms with Gasteiger partial charge in [-0.05, 0) is 58.9 Å². The summed E-state index contributed by atoms with van der Waals surface area (Å²) in [5, 5.41) is 15.9. The number of thioether (sulfide) groups is 1. The van der Waals surface area contributed by atoms with Crippen LogP contribution in [-0.4, -0.2) is 31.9 Å². The predicted molar refractivity (Wildman–Crippen MR) is 121 cm³/mol. The molecule has 1 aromatic heterocycles. The normalized spacial score (nSPS) is 12.2. The molecule has 3 aromatic rings. The van der Waals surface area contributed by atoms with Crippen molar-refractivity contribution in [2.75, 3.05) is 5.75 Å². The highest BCUT2D eigenvalue weighted by Gasteiger charge is 2.20. The lowest BCUT2D eigenvalue weighted by molar-refractivity contribution is -0.119. The fourth-order valence-electron chi connectivity index (χ4n) is 3.49. The van der Waals surface area contributed by atoms with Gasteiger partial charge >= 0.3 is 0 Å².